The number of ether oxygens (including phenoxy) is 1. The van der Waals surface area contributed by atoms with Gasteiger partial charge < -0.3 is 46.4 Å². The standard InChI is InChI=1S/C34H44N10O6/c1-4-35-31(47)27-25(45)26(46)33(50-27)44-20-40-24-28(39-19-23(21-11-7-5-8-12-21)22-13-9-6-10-14-22)41-29(42-30(24)44)32(48)36-15-16-37-34(49)38-17-18-43(2)3/h5-14,20,23,25-27,33,45-46H,4,15-19H2,1-3H3,(H,35,47)(H,36,48)(H2,37,38,49)(H,39,41,42)/t25-,26+,27-,33+/m0/s1. The number of carbonyl (C=O) groups is 3. The van der Waals surface area contributed by atoms with Gasteiger partial charge in [-0.25, -0.2) is 19.7 Å². The van der Waals surface area contributed by atoms with Gasteiger partial charge in [0.1, 0.15) is 12.2 Å². The number of aliphatic hydroxyl groups is 2. The lowest BCUT2D eigenvalue weighted by Gasteiger charge is -2.20. The molecule has 50 heavy (non-hydrogen) atoms. The number of likely N-dealkylation sites (N-methyl/N-ethyl adjacent to an activating group) is 2. The molecule has 0 aliphatic carbocycles. The molecule has 4 amide bonds. The highest BCUT2D eigenvalue weighted by atomic mass is 16.6. The zero-order valence-electron chi connectivity index (χ0n) is 28.2. The largest absolute Gasteiger partial charge is 0.387 e. The van der Waals surface area contributed by atoms with Crippen LogP contribution in [-0.4, -0.2) is 124 Å². The van der Waals surface area contributed by atoms with Crippen molar-refractivity contribution in [3.05, 3.63) is 83.9 Å². The van der Waals surface area contributed by atoms with Crippen LogP contribution in [0.1, 0.15) is 40.8 Å². The molecule has 1 fully saturated rings. The Morgan fingerprint density at radius 1 is 0.880 bits per heavy atom. The fourth-order valence-electron chi connectivity index (χ4n) is 5.59. The van der Waals surface area contributed by atoms with Crippen LogP contribution in [0, 0.1) is 0 Å². The van der Waals surface area contributed by atoms with Gasteiger partial charge in [0, 0.05) is 45.2 Å². The molecule has 0 unspecified atom stereocenters. The highest BCUT2D eigenvalue weighted by Gasteiger charge is 2.47. The Balaban J connectivity index is 1.41. The van der Waals surface area contributed by atoms with Crippen LogP contribution < -0.4 is 26.6 Å². The Kier molecular flexibility index (Phi) is 12.3. The van der Waals surface area contributed by atoms with Gasteiger partial charge in [-0.1, -0.05) is 60.7 Å². The van der Waals surface area contributed by atoms with E-state index in [-0.39, 0.29) is 47.8 Å². The summed E-state index contributed by atoms with van der Waals surface area (Å²) in [5, 5.41) is 35.7. The highest BCUT2D eigenvalue weighted by molar-refractivity contribution is 5.94. The first kappa shape index (κ1) is 36.1. The van der Waals surface area contributed by atoms with Gasteiger partial charge in [0.2, 0.25) is 5.82 Å². The molecule has 2 aromatic carbocycles. The van der Waals surface area contributed by atoms with Crippen LogP contribution in [0.2, 0.25) is 0 Å². The van der Waals surface area contributed by atoms with E-state index < -0.39 is 36.4 Å². The zero-order chi connectivity index (χ0) is 35.6. The van der Waals surface area contributed by atoms with E-state index in [9.17, 15) is 24.6 Å². The third-order valence-electron chi connectivity index (χ3n) is 8.16. The van der Waals surface area contributed by atoms with Crippen molar-refractivity contribution in [1.82, 2.24) is 45.7 Å². The molecule has 4 atom stereocenters. The molecule has 1 aliphatic rings. The smallest absolute Gasteiger partial charge is 0.314 e. The first-order valence-corrected chi connectivity index (χ1v) is 16.5. The predicted molar refractivity (Wildman–Crippen MR) is 185 cm³/mol. The van der Waals surface area contributed by atoms with Crippen LogP contribution in [0.15, 0.2) is 67.0 Å². The molecule has 0 spiro atoms. The number of fused-ring (bicyclic) bond motifs is 1. The summed E-state index contributed by atoms with van der Waals surface area (Å²) < 4.78 is 7.20. The van der Waals surface area contributed by atoms with Crippen LogP contribution in [-0.2, 0) is 9.53 Å². The van der Waals surface area contributed by atoms with Gasteiger partial charge in [-0.2, -0.15) is 0 Å². The van der Waals surface area contributed by atoms with Crippen molar-refractivity contribution in [1.29, 1.82) is 0 Å². The molecular weight excluding hydrogens is 644 g/mol. The molecule has 16 nitrogen and oxygen atoms in total. The van der Waals surface area contributed by atoms with Crippen molar-refractivity contribution >= 4 is 34.8 Å². The normalized spacial score (nSPS) is 18.7. The van der Waals surface area contributed by atoms with Gasteiger partial charge in [0.15, 0.2) is 29.3 Å². The van der Waals surface area contributed by atoms with E-state index in [1.165, 1.54) is 10.9 Å². The van der Waals surface area contributed by atoms with Crippen molar-refractivity contribution in [2.24, 2.45) is 0 Å². The van der Waals surface area contributed by atoms with E-state index >= 15 is 0 Å². The van der Waals surface area contributed by atoms with E-state index in [4.69, 9.17) is 4.74 Å². The fraction of sp³-hybridized carbons (Fsp3) is 0.412. The molecule has 3 heterocycles. The monoisotopic (exact) mass is 688 g/mol. The maximum absolute atomic E-state index is 13.4. The molecule has 7 N–H and O–H groups in total. The lowest BCUT2D eigenvalue weighted by atomic mass is 9.91. The number of benzene rings is 2. The quantitative estimate of drug-likeness (QED) is 0.0852. The van der Waals surface area contributed by atoms with E-state index in [1.54, 1.807) is 6.92 Å². The first-order valence-electron chi connectivity index (χ1n) is 16.5. The molecular formula is C34H44N10O6. The summed E-state index contributed by atoms with van der Waals surface area (Å²) in [6, 6.07) is 19.6. The number of hydrogen-bond donors (Lipinski definition) is 7. The molecule has 1 saturated heterocycles. The van der Waals surface area contributed by atoms with Crippen LogP contribution >= 0.6 is 0 Å². The summed E-state index contributed by atoms with van der Waals surface area (Å²) in [6.45, 7) is 3.82. The minimum atomic E-state index is -1.52. The number of nitrogens with one attached hydrogen (secondary N) is 5. The van der Waals surface area contributed by atoms with Gasteiger partial charge in [-0.3, -0.25) is 14.2 Å². The highest BCUT2D eigenvalue weighted by Crippen LogP contribution is 2.33. The number of nitrogens with zero attached hydrogens (tertiary/aromatic N) is 5. The number of imidazole rings is 1. The van der Waals surface area contributed by atoms with Crippen molar-refractivity contribution in [2.75, 3.05) is 58.7 Å². The summed E-state index contributed by atoms with van der Waals surface area (Å²) in [4.78, 5) is 53.5. The van der Waals surface area contributed by atoms with E-state index in [1.807, 2.05) is 79.7 Å². The Morgan fingerprint density at radius 2 is 1.52 bits per heavy atom. The zero-order valence-corrected chi connectivity index (χ0v) is 28.2. The molecule has 5 rings (SSSR count). The van der Waals surface area contributed by atoms with Gasteiger partial charge in [0.25, 0.3) is 11.8 Å². The minimum Gasteiger partial charge on any atom is -0.387 e. The van der Waals surface area contributed by atoms with Crippen LogP contribution in [0.25, 0.3) is 11.2 Å². The van der Waals surface area contributed by atoms with Crippen LogP contribution in [0.5, 0.6) is 0 Å². The van der Waals surface area contributed by atoms with Crippen molar-refractivity contribution < 1.29 is 29.3 Å². The Bertz CT molecular complexity index is 1700. The van der Waals surface area contributed by atoms with Gasteiger partial charge in [-0.15, -0.1) is 0 Å². The van der Waals surface area contributed by atoms with Crippen molar-refractivity contribution in [3.8, 4) is 0 Å². The van der Waals surface area contributed by atoms with E-state index in [2.05, 4.69) is 41.5 Å². The number of rotatable bonds is 15. The Labute approximate surface area is 289 Å². The summed E-state index contributed by atoms with van der Waals surface area (Å²) in [5.74, 6) is -1.24. The second-order valence-electron chi connectivity index (χ2n) is 12.0. The van der Waals surface area contributed by atoms with Crippen LogP contribution in [0.4, 0.5) is 10.6 Å². The molecule has 2 aromatic heterocycles. The number of anilines is 1. The second-order valence-corrected chi connectivity index (χ2v) is 12.0. The Morgan fingerprint density at radius 3 is 2.16 bits per heavy atom. The van der Waals surface area contributed by atoms with Gasteiger partial charge in [-0.05, 0) is 32.1 Å². The average Bonchev–Trinajstić information content (AvgIpc) is 3.67. The summed E-state index contributed by atoms with van der Waals surface area (Å²) >= 11 is 0. The van der Waals surface area contributed by atoms with E-state index in [0.29, 0.717) is 26.2 Å². The molecule has 1 aliphatic heterocycles. The lowest BCUT2D eigenvalue weighted by molar-refractivity contribution is -0.137. The second kappa shape index (κ2) is 17.0. The van der Waals surface area contributed by atoms with Crippen molar-refractivity contribution in [3.63, 3.8) is 0 Å². The lowest BCUT2D eigenvalue weighted by Crippen LogP contribution is -2.42. The van der Waals surface area contributed by atoms with E-state index in [0.717, 1.165) is 11.1 Å². The molecule has 266 valence electrons. The third kappa shape index (κ3) is 8.70. The average molecular weight is 689 g/mol. The molecule has 16 heteroatoms. The molecule has 0 saturated carbocycles. The summed E-state index contributed by atoms with van der Waals surface area (Å²) in [5.41, 5.74) is 2.54. The van der Waals surface area contributed by atoms with Gasteiger partial charge >= 0.3 is 6.03 Å². The van der Waals surface area contributed by atoms with Crippen molar-refractivity contribution in [2.45, 2.75) is 37.4 Å². The number of aromatic nitrogens is 4. The summed E-state index contributed by atoms with van der Waals surface area (Å²) in [6.07, 6.45) is -4.23. The maximum Gasteiger partial charge on any atom is 0.314 e. The maximum atomic E-state index is 13.4. The minimum absolute atomic E-state index is 0.0929. The number of amides is 4. The van der Waals surface area contributed by atoms with Crippen LogP contribution in [0.3, 0.4) is 0 Å². The number of aliphatic hydroxyl groups excluding tert-OH is 2. The third-order valence-corrected chi connectivity index (χ3v) is 8.16. The fourth-order valence-corrected chi connectivity index (χ4v) is 5.59. The number of urea groups is 1. The Hall–Kier alpha value is -5.16. The number of carbonyl (C=O) groups excluding carboxylic acids is 3. The summed E-state index contributed by atoms with van der Waals surface area (Å²) in [7, 11) is 3.81. The predicted octanol–water partition coefficient (Wildman–Crippen LogP) is 0.416. The number of hydrogen-bond acceptors (Lipinski definition) is 11. The molecule has 4 aromatic rings. The first-order chi connectivity index (χ1) is 24.2. The molecule has 0 bridgehead atoms. The SMILES string of the molecule is CCNC(=O)[C@H]1O[C@@H](n2cnc3c(NCC(c4ccccc4)c4ccccc4)nc(C(=O)NCCNC(=O)NCCN(C)C)nc32)[C@H](O)[C@@H]1O. The topological polar surface area (TPSA) is 208 Å². The van der Waals surface area contributed by atoms with Gasteiger partial charge in [0.05, 0.1) is 6.33 Å². The molecule has 0 radical (unpaired) electrons.